The van der Waals surface area contributed by atoms with Crippen molar-refractivity contribution < 1.29 is 29.8 Å². The van der Waals surface area contributed by atoms with Crippen molar-refractivity contribution in [1.29, 1.82) is 0 Å². The summed E-state index contributed by atoms with van der Waals surface area (Å²) in [5.41, 5.74) is 1.91. The van der Waals surface area contributed by atoms with E-state index in [0.717, 1.165) is 11.3 Å². The molecule has 4 unspecified atom stereocenters. The summed E-state index contributed by atoms with van der Waals surface area (Å²) in [5, 5.41) is 31.6. The molecule has 4 aromatic rings. The van der Waals surface area contributed by atoms with E-state index in [9.17, 15) is 15.0 Å². The van der Waals surface area contributed by atoms with Crippen LogP contribution in [0.15, 0.2) is 41.3 Å². The maximum atomic E-state index is 13.0. The summed E-state index contributed by atoms with van der Waals surface area (Å²) in [4.78, 5) is 23.6. The molecule has 0 radical (unpaired) electrons. The summed E-state index contributed by atoms with van der Waals surface area (Å²) in [6, 6.07) is 9.60. The average molecular weight is 482 g/mol. The summed E-state index contributed by atoms with van der Waals surface area (Å²) < 4.78 is 13.6. The van der Waals surface area contributed by atoms with Crippen molar-refractivity contribution in [3.05, 3.63) is 51.7 Å². The lowest BCUT2D eigenvalue weighted by atomic mass is 10.1. The van der Waals surface area contributed by atoms with E-state index in [0.29, 0.717) is 11.4 Å². The van der Waals surface area contributed by atoms with Crippen molar-refractivity contribution in [2.45, 2.75) is 24.9 Å². The predicted octanol–water partition coefficient (Wildman–Crippen LogP) is 0.532. The fourth-order valence-corrected chi connectivity index (χ4v) is 4.52. The van der Waals surface area contributed by atoms with Gasteiger partial charge < -0.3 is 29.2 Å². The Morgan fingerprint density at radius 1 is 1.31 bits per heavy atom. The summed E-state index contributed by atoms with van der Waals surface area (Å²) in [6.45, 7) is 0.0876. The van der Waals surface area contributed by atoms with Crippen LogP contribution in [0.1, 0.15) is 0 Å². The number of aliphatic hydroxyl groups is 2. The first-order valence-corrected chi connectivity index (χ1v) is 10.7. The van der Waals surface area contributed by atoms with E-state index in [2.05, 4.69) is 15.0 Å². The van der Waals surface area contributed by atoms with Crippen molar-refractivity contribution in [3.63, 3.8) is 0 Å². The third kappa shape index (κ3) is 4.12. The highest BCUT2D eigenvalue weighted by atomic mass is 32.1. The van der Waals surface area contributed by atoms with Crippen molar-refractivity contribution >= 4 is 38.2 Å². The van der Waals surface area contributed by atoms with Gasteiger partial charge in [-0.05, 0) is 17.8 Å². The normalized spacial score (nSPS) is 20.4. The largest absolute Gasteiger partial charge is 0.388 e. The first kappa shape index (κ1) is 22.7. The molecule has 4 heterocycles. The van der Waals surface area contributed by atoms with E-state index >= 15 is 0 Å². The van der Waals surface area contributed by atoms with Gasteiger partial charge in [-0.25, -0.2) is 4.40 Å². The van der Waals surface area contributed by atoms with Crippen molar-refractivity contribution in [2.24, 2.45) is 0 Å². The van der Waals surface area contributed by atoms with E-state index in [-0.39, 0.29) is 38.0 Å². The number of aromatic amines is 2. The minimum Gasteiger partial charge on any atom is -0.388 e. The highest BCUT2D eigenvalue weighted by Gasteiger charge is 2.32. The number of fused-ring (bicyclic) bond motifs is 2. The molecule has 12 nitrogen and oxygen atoms in total. The Kier molecular flexibility index (Phi) is 6.79. The zero-order chi connectivity index (χ0) is 22.8. The van der Waals surface area contributed by atoms with Gasteiger partial charge in [0.1, 0.15) is 18.3 Å². The molecular formula is C18H21N5O7PS+. The maximum Gasteiger partial charge on any atom is 0.285 e. The van der Waals surface area contributed by atoms with Crippen LogP contribution in [0.2, 0.25) is 0 Å². The number of H-pyrrole nitrogens is 2. The van der Waals surface area contributed by atoms with E-state index in [1.807, 2.05) is 30.3 Å². The Bertz CT molecular complexity index is 1330. The van der Waals surface area contributed by atoms with Gasteiger partial charge in [-0.1, -0.05) is 30.3 Å². The van der Waals surface area contributed by atoms with E-state index in [1.54, 1.807) is 6.20 Å². The molecule has 0 aliphatic carbocycles. The van der Waals surface area contributed by atoms with Crippen LogP contribution in [-0.2, 0) is 15.6 Å². The van der Waals surface area contributed by atoms with Crippen molar-refractivity contribution in [2.75, 3.05) is 6.61 Å². The molecule has 7 N–H and O–H groups in total. The van der Waals surface area contributed by atoms with Crippen LogP contribution in [-0.4, -0.2) is 69.6 Å². The highest BCUT2D eigenvalue weighted by molar-refractivity contribution is 7.71. The van der Waals surface area contributed by atoms with Gasteiger partial charge in [-0.2, -0.15) is 4.98 Å². The maximum absolute atomic E-state index is 13.0. The molecule has 1 aliphatic heterocycles. The van der Waals surface area contributed by atoms with E-state index in [4.69, 9.17) is 31.8 Å². The van der Waals surface area contributed by atoms with Gasteiger partial charge in [0.2, 0.25) is 5.78 Å². The molecule has 0 saturated carbocycles. The lowest BCUT2D eigenvalue weighted by Gasteiger charge is -2.30. The second-order valence-corrected chi connectivity index (χ2v) is 8.07. The molecule has 3 aromatic heterocycles. The fraction of sp³-hybridized carbons (Fsp3) is 0.278. The number of rotatable bonds is 4. The molecule has 32 heavy (non-hydrogen) atoms. The van der Waals surface area contributed by atoms with Crippen molar-refractivity contribution in [3.8, 4) is 11.3 Å². The summed E-state index contributed by atoms with van der Waals surface area (Å²) in [5.74, 6) is 0.354. The number of imidazole rings is 2. The van der Waals surface area contributed by atoms with Gasteiger partial charge in [0.25, 0.3) is 5.56 Å². The second kappa shape index (κ2) is 9.57. The van der Waals surface area contributed by atoms with Crippen molar-refractivity contribution in [1.82, 2.24) is 23.9 Å². The molecular weight excluding hydrogens is 461 g/mol. The van der Waals surface area contributed by atoms with Gasteiger partial charge in [0, 0.05) is 6.20 Å². The van der Waals surface area contributed by atoms with Gasteiger partial charge in [0.05, 0.1) is 18.8 Å². The van der Waals surface area contributed by atoms with Gasteiger partial charge >= 0.3 is 0 Å². The zero-order valence-electron chi connectivity index (χ0n) is 16.4. The Morgan fingerprint density at radius 3 is 2.78 bits per heavy atom. The number of benzene rings is 1. The Balaban J connectivity index is 0.00000119. The summed E-state index contributed by atoms with van der Waals surface area (Å²) in [7, 11) is -0.256. The molecule has 1 aromatic carbocycles. The Labute approximate surface area is 186 Å². The van der Waals surface area contributed by atoms with Crippen LogP contribution >= 0.6 is 21.3 Å². The highest BCUT2D eigenvalue weighted by Crippen LogP contribution is 2.28. The molecule has 5 rings (SSSR count). The fourth-order valence-electron chi connectivity index (χ4n) is 3.53. The SMILES string of the molecule is O=c1c2[nH]c(=S)n(CC(O)C3OPOCC3O)c2nc2[nH]c(-c3ccccc3)cn12.O[OH2+]. The van der Waals surface area contributed by atoms with Crippen LogP contribution in [0.3, 0.4) is 0 Å². The summed E-state index contributed by atoms with van der Waals surface area (Å²) >= 11 is 5.35. The standard InChI is InChI=1S/C18H18N5O5PS.H2O2/c24-11(14-12(25)8-27-29-28-14)7-22-15-13(20-18(22)30)16(26)23-6-10(19-17(23)21-15)9-4-2-1-3-5-9;1-2/h1-6,11-12,14,24-25,29H,7-8H2,(H,19,21)(H,20,30);1-2H/p+1. The number of hydrogen-bond donors (Lipinski definition) is 5. The molecule has 14 heteroatoms. The van der Waals surface area contributed by atoms with Crippen LogP contribution in [0.25, 0.3) is 28.2 Å². The predicted molar refractivity (Wildman–Crippen MR) is 119 cm³/mol. The monoisotopic (exact) mass is 482 g/mol. The summed E-state index contributed by atoms with van der Waals surface area (Å²) in [6.07, 6.45) is -1.15. The minimum absolute atomic E-state index is 0.0000949. The Hall–Kier alpha value is -2.48. The quantitative estimate of drug-likeness (QED) is 0.0921. The number of nitrogens with zero attached hydrogens (tertiary/aromatic N) is 3. The molecule has 1 fully saturated rings. The number of aliphatic hydroxyl groups excluding tert-OH is 2. The minimum atomic E-state index is -1.06. The third-order valence-corrected chi connectivity index (χ3v) is 6.02. The van der Waals surface area contributed by atoms with E-state index < -0.39 is 18.3 Å². The molecule has 1 saturated heterocycles. The average Bonchev–Trinajstić information content (AvgIpc) is 3.38. The first-order chi connectivity index (χ1) is 15.5. The molecule has 4 atom stereocenters. The lowest BCUT2D eigenvalue weighted by molar-refractivity contribution is -0.176. The van der Waals surface area contributed by atoms with Gasteiger partial charge in [-0.3, -0.25) is 14.6 Å². The van der Waals surface area contributed by atoms with Gasteiger partial charge in [0.15, 0.2) is 25.0 Å². The zero-order valence-corrected chi connectivity index (χ0v) is 18.2. The Morgan fingerprint density at radius 2 is 2.06 bits per heavy atom. The van der Waals surface area contributed by atoms with Crippen LogP contribution in [0.5, 0.6) is 0 Å². The van der Waals surface area contributed by atoms with Crippen LogP contribution in [0.4, 0.5) is 0 Å². The molecule has 170 valence electrons. The number of nitrogens with one attached hydrogen (secondary N) is 2. The topological polar surface area (TPSA) is 173 Å². The van der Waals surface area contributed by atoms with Crippen LogP contribution < -0.4 is 5.56 Å². The lowest BCUT2D eigenvalue weighted by Crippen LogP contribution is -2.44. The first-order valence-electron chi connectivity index (χ1n) is 9.43. The van der Waals surface area contributed by atoms with Gasteiger partial charge in [-0.15, -0.1) is 5.26 Å². The molecule has 0 spiro atoms. The second-order valence-electron chi connectivity index (χ2n) is 7.00. The molecule has 0 bridgehead atoms. The molecule has 0 amide bonds. The molecule has 1 aliphatic rings. The van der Waals surface area contributed by atoms with Crippen LogP contribution in [0, 0.1) is 4.77 Å². The number of aromatic nitrogens is 5. The number of hydrogen-bond acceptors (Lipinski definition) is 8. The smallest absolute Gasteiger partial charge is 0.285 e. The van der Waals surface area contributed by atoms with E-state index in [1.165, 1.54) is 8.97 Å². The third-order valence-electron chi connectivity index (χ3n) is 5.04.